The molecule has 0 unspecified atom stereocenters. The highest BCUT2D eigenvalue weighted by molar-refractivity contribution is 5.97. The van der Waals surface area contributed by atoms with Crippen LogP contribution in [0.2, 0.25) is 0 Å². The fourth-order valence-electron chi connectivity index (χ4n) is 1.11. The first-order valence-electron chi connectivity index (χ1n) is 5.01. The van der Waals surface area contributed by atoms with Gasteiger partial charge in [-0.25, -0.2) is 4.79 Å². The van der Waals surface area contributed by atoms with Crippen LogP contribution in [0.1, 0.15) is 11.5 Å². The largest absolute Gasteiger partial charge is 0.462 e. The van der Waals surface area contributed by atoms with Crippen molar-refractivity contribution in [3.05, 3.63) is 29.2 Å². The summed E-state index contributed by atoms with van der Waals surface area (Å²) in [5, 5.41) is 8.83. The van der Waals surface area contributed by atoms with Crippen molar-refractivity contribution < 1.29 is 18.7 Å². The molecule has 0 aliphatic carbocycles. The van der Waals surface area contributed by atoms with Crippen LogP contribution in [0.5, 0.6) is 0 Å². The van der Waals surface area contributed by atoms with Gasteiger partial charge in [0.1, 0.15) is 29.8 Å². The highest BCUT2D eigenvalue weighted by atomic mass is 16.6. The highest BCUT2D eigenvalue weighted by Gasteiger charge is 2.11. The average molecular weight is 235 g/mol. The molecule has 5 heteroatoms. The summed E-state index contributed by atoms with van der Waals surface area (Å²) in [5.41, 5.74) is -0.101. The lowest BCUT2D eigenvalue weighted by molar-refractivity contribution is -0.139. The van der Waals surface area contributed by atoms with Crippen LogP contribution < -0.4 is 0 Å². The van der Waals surface area contributed by atoms with E-state index in [-0.39, 0.29) is 12.2 Å². The van der Waals surface area contributed by atoms with Gasteiger partial charge in [-0.05, 0) is 19.1 Å². The first-order valence-corrected chi connectivity index (χ1v) is 5.01. The normalized spacial score (nSPS) is 11.0. The van der Waals surface area contributed by atoms with Crippen molar-refractivity contribution in [2.24, 2.45) is 0 Å². The van der Waals surface area contributed by atoms with Gasteiger partial charge in [0.25, 0.3) is 0 Å². The van der Waals surface area contributed by atoms with E-state index in [1.54, 1.807) is 25.1 Å². The van der Waals surface area contributed by atoms with E-state index in [1.165, 1.54) is 13.2 Å². The maximum absolute atomic E-state index is 11.5. The Kier molecular flexibility index (Phi) is 4.98. The molecule has 0 saturated carbocycles. The van der Waals surface area contributed by atoms with Gasteiger partial charge in [0.15, 0.2) is 0 Å². The number of hydrogen-bond acceptors (Lipinski definition) is 5. The van der Waals surface area contributed by atoms with Crippen molar-refractivity contribution in [1.29, 1.82) is 5.26 Å². The van der Waals surface area contributed by atoms with Crippen molar-refractivity contribution in [3.63, 3.8) is 0 Å². The third kappa shape index (κ3) is 4.13. The summed E-state index contributed by atoms with van der Waals surface area (Å²) in [5.74, 6) is 0.475. The summed E-state index contributed by atoms with van der Waals surface area (Å²) in [6.07, 6.45) is 1.35. The zero-order chi connectivity index (χ0) is 12.7. The molecule has 5 nitrogen and oxygen atoms in total. The Morgan fingerprint density at radius 2 is 2.29 bits per heavy atom. The molecule has 1 aromatic rings. The predicted molar refractivity (Wildman–Crippen MR) is 59.9 cm³/mol. The molecule has 90 valence electrons. The molecule has 0 aromatic carbocycles. The second-order valence-corrected chi connectivity index (χ2v) is 3.25. The fraction of sp³-hybridized carbons (Fsp3) is 0.333. The molecule has 0 fully saturated rings. The SMILES string of the molecule is COCCOC(=O)/C(C#N)=C/c1ccc(C)o1. The van der Waals surface area contributed by atoms with Crippen molar-refractivity contribution in [3.8, 4) is 6.07 Å². The summed E-state index contributed by atoms with van der Waals surface area (Å²) in [4.78, 5) is 11.5. The van der Waals surface area contributed by atoms with E-state index in [1.807, 2.05) is 0 Å². The Bertz CT molecular complexity index is 453. The number of methoxy groups -OCH3 is 1. The van der Waals surface area contributed by atoms with Crippen molar-refractivity contribution in [2.75, 3.05) is 20.3 Å². The van der Waals surface area contributed by atoms with Gasteiger partial charge in [-0.3, -0.25) is 0 Å². The van der Waals surface area contributed by atoms with Crippen LogP contribution >= 0.6 is 0 Å². The van der Waals surface area contributed by atoms with E-state index in [0.717, 1.165) is 0 Å². The van der Waals surface area contributed by atoms with Gasteiger partial charge in [-0.15, -0.1) is 0 Å². The number of carbonyl (C=O) groups excluding carboxylic acids is 1. The van der Waals surface area contributed by atoms with Crippen molar-refractivity contribution in [1.82, 2.24) is 0 Å². The van der Waals surface area contributed by atoms with Gasteiger partial charge >= 0.3 is 5.97 Å². The van der Waals surface area contributed by atoms with E-state index < -0.39 is 5.97 Å². The molecular weight excluding hydrogens is 222 g/mol. The molecule has 0 amide bonds. The van der Waals surface area contributed by atoms with E-state index in [4.69, 9.17) is 19.2 Å². The number of esters is 1. The highest BCUT2D eigenvalue weighted by Crippen LogP contribution is 2.11. The third-order valence-electron chi connectivity index (χ3n) is 1.91. The van der Waals surface area contributed by atoms with Gasteiger partial charge in [0.05, 0.1) is 6.61 Å². The molecule has 17 heavy (non-hydrogen) atoms. The van der Waals surface area contributed by atoms with E-state index in [9.17, 15) is 4.79 Å². The number of nitrogens with zero attached hydrogens (tertiary/aromatic N) is 1. The number of furan rings is 1. The Morgan fingerprint density at radius 3 is 2.82 bits per heavy atom. The Hall–Kier alpha value is -2.06. The van der Waals surface area contributed by atoms with Crippen LogP contribution in [0, 0.1) is 18.3 Å². The maximum atomic E-state index is 11.5. The molecule has 1 heterocycles. The molecule has 0 saturated heterocycles. The topological polar surface area (TPSA) is 72.5 Å². The van der Waals surface area contributed by atoms with E-state index in [0.29, 0.717) is 18.1 Å². The quantitative estimate of drug-likeness (QED) is 0.336. The summed E-state index contributed by atoms with van der Waals surface area (Å²) in [6.45, 7) is 2.19. The average Bonchev–Trinajstić information content (AvgIpc) is 2.72. The Morgan fingerprint density at radius 1 is 1.53 bits per heavy atom. The predicted octanol–water partition coefficient (Wildman–Crippen LogP) is 1.68. The monoisotopic (exact) mass is 235 g/mol. The van der Waals surface area contributed by atoms with Crippen LogP contribution in [-0.2, 0) is 14.3 Å². The smallest absolute Gasteiger partial charge is 0.349 e. The molecule has 0 N–H and O–H groups in total. The van der Waals surface area contributed by atoms with Crippen molar-refractivity contribution >= 4 is 12.0 Å². The van der Waals surface area contributed by atoms with Crippen LogP contribution in [-0.4, -0.2) is 26.3 Å². The Balaban J connectivity index is 2.68. The molecular formula is C12H13NO4. The lowest BCUT2D eigenvalue weighted by atomic mass is 10.2. The second kappa shape index (κ2) is 6.51. The minimum absolute atomic E-state index is 0.101. The zero-order valence-corrected chi connectivity index (χ0v) is 9.73. The standard InChI is InChI=1S/C12H13NO4/c1-9-3-4-11(17-9)7-10(8-13)12(14)16-6-5-15-2/h3-4,7H,5-6H2,1-2H3/b10-7+. The molecule has 0 bridgehead atoms. The summed E-state index contributed by atoms with van der Waals surface area (Å²) < 4.78 is 14.8. The number of hydrogen-bond donors (Lipinski definition) is 0. The number of nitriles is 1. The summed E-state index contributed by atoms with van der Waals surface area (Å²) in [7, 11) is 1.50. The lowest BCUT2D eigenvalue weighted by Gasteiger charge is -2.01. The molecule has 0 aliphatic heterocycles. The van der Waals surface area contributed by atoms with E-state index in [2.05, 4.69) is 0 Å². The molecule has 0 atom stereocenters. The number of carbonyl (C=O) groups is 1. The molecule has 0 aliphatic rings. The molecule has 0 spiro atoms. The first kappa shape index (κ1) is 13.0. The van der Waals surface area contributed by atoms with Crippen LogP contribution in [0.15, 0.2) is 22.1 Å². The van der Waals surface area contributed by atoms with Gasteiger partial charge in [0.2, 0.25) is 0 Å². The van der Waals surface area contributed by atoms with Gasteiger partial charge in [0, 0.05) is 13.2 Å². The zero-order valence-electron chi connectivity index (χ0n) is 9.73. The van der Waals surface area contributed by atoms with Crippen LogP contribution in [0.25, 0.3) is 6.08 Å². The molecule has 1 aromatic heterocycles. The molecule has 0 radical (unpaired) electrons. The number of ether oxygens (including phenoxy) is 2. The minimum atomic E-state index is -0.682. The number of aryl methyl sites for hydroxylation is 1. The fourth-order valence-corrected chi connectivity index (χ4v) is 1.11. The van der Waals surface area contributed by atoms with Gasteiger partial charge in [-0.2, -0.15) is 5.26 Å². The third-order valence-corrected chi connectivity index (χ3v) is 1.91. The van der Waals surface area contributed by atoms with Gasteiger partial charge < -0.3 is 13.9 Å². The minimum Gasteiger partial charge on any atom is -0.462 e. The summed E-state index contributed by atoms with van der Waals surface area (Å²) in [6, 6.07) is 5.20. The van der Waals surface area contributed by atoms with Crippen molar-refractivity contribution in [2.45, 2.75) is 6.92 Å². The Labute approximate surface area is 99.2 Å². The van der Waals surface area contributed by atoms with E-state index >= 15 is 0 Å². The van der Waals surface area contributed by atoms with Gasteiger partial charge in [-0.1, -0.05) is 0 Å². The molecule has 1 rings (SSSR count). The van der Waals surface area contributed by atoms with Crippen LogP contribution in [0.4, 0.5) is 0 Å². The number of rotatable bonds is 5. The first-order chi connectivity index (χ1) is 8.17. The summed E-state index contributed by atoms with van der Waals surface area (Å²) >= 11 is 0. The van der Waals surface area contributed by atoms with Crippen LogP contribution in [0.3, 0.4) is 0 Å². The second-order valence-electron chi connectivity index (χ2n) is 3.25. The lowest BCUT2D eigenvalue weighted by Crippen LogP contribution is -2.11. The maximum Gasteiger partial charge on any atom is 0.349 e.